The monoisotopic (exact) mass is 246 g/mol. The number of rotatable bonds is 8. The van der Waals surface area contributed by atoms with Crippen molar-refractivity contribution in [1.82, 2.24) is 0 Å². The summed E-state index contributed by atoms with van der Waals surface area (Å²) in [6.07, 6.45) is 4.34. The molecule has 0 aliphatic carbocycles. The zero-order chi connectivity index (χ0) is 12.7. The summed E-state index contributed by atoms with van der Waals surface area (Å²) in [6, 6.07) is 0. The van der Waals surface area contributed by atoms with Crippen LogP contribution in [0.15, 0.2) is 0 Å². The third-order valence-electron chi connectivity index (χ3n) is 3.37. The molecule has 1 rings (SSSR count). The van der Waals surface area contributed by atoms with Crippen LogP contribution in [-0.4, -0.2) is 47.8 Å². The number of aliphatic hydroxyl groups is 2. The third-order valence-corrected chi connectivity index (χ3v) is 3.37. The topological polar surface area (TPSA) is 58.9 Å². The highest BCUT2D eigenvalue weighted by Crippen LogP contribution is 2.21. The molecule has 1 fully saturated rings. The van der Waals surface area contributed by atoms with Gasteiger partial charge in [-0.1, -0.05) is 33.1 Å². The van der Waals surface area contributed by atoms with Crippen LogP contribution in [-0.2, 0) is 9.47 Å². The molecule has 4 nitrogen and oxygen atoms in total. The lowest BCUT2D eigenvalue weighted by Crippen LogP contribution is -2.36. The summed E-state index contributed by atoms with van der Waals surface area (Å²) >= 11 is 0. The molecule has 0 bridgehead atoms. The Morgan fingerprint density at radius 2 is 2.12 bits per heavy atom. The maximum atomic E-state index is 9.85. The van der Waals surface area contributed by atoms with Crippen LogP contribution < -0.4 is 0 Å². The van der Waals surface area contributed by atoms with Crippen molar-refractivity contribution in [3.8, 4) is 0 Å². The van der Waals surface area contributed by atoms with Crippen LogP contribution >= 0.6 is 0 Å². The van der Waals surface area contributed by atoms with E-state index in [0.29, 0.717) is 6.61 Å². The Hall–Kier alpha value is -0.160. The van der Waals surface area contributed by atoms with Gasteiger partial charge >= 0.3 is 0 Å². The quantitative estimate of drug-likeness (QED) is 0.637. The highest BCUT2D eigenvalue weighted by Gasteiger charge is 2.37. The molecule has 0 aromatic rings. The van der Waals surface area contributed by atoms with Crippen LogP contribution in [0.3, 0.4) is 0 Å². The van der Waals surface area contributed by atoms with Gasteiger partial charge in [-0.15, -0.1) is 0 Å². The van der Waals surface area contributed by atoms with E-state index in [9.17, 15) is 5.11 Å². The first kappa shape index (κ1) is 14.9. The van der Waals surface area contributed by atoms with Gasteiger partial charge in [0.15, 0.2) is 0 Å². The van der Waals surface area contributed by atoms with E-state index in [2.05, 4.69) is 13.8 Å². The molecular formula is C13H26O4. The summed E-state index contributed by atoms with van der Waals surface area (Å²) in [5.41, 5.74) is 0. The molecule has 1 aliphatic heterocycles. The lowest BCUT2D eigenvalue weighted by molar-refractivity contribution is -0.0664. The number of unbranched alkanes of at least 4 members (excludes halogenated alkanes) is 2. The van der Waals surface area contributed by atoms with Gasteiger partial charge < -0.3 is 19.7 Å². The van der Waals surface area contributed by atoms with E-state index in [0.717, 1.165) is 12.8 Å². The van der Waals surface area contributed by atoms with Crippen molar-refractivity contribution in [1.29, 1.82) is 0 Å². The molecule has 0 spiro atoms. The number of hydrogen-bond donors (Lipinski definition) is 2. The first-order valence-electron chi connectivity index (χ1n) is 6.78. The standard InChI is InChI=1S/C13H26O4/c1-3-5-6-7-10(4-2)17-12-9-16-11(8-14)13(12)15/h10-15H,3-9H2,1-2H3/t10?,11-,12+,13+/m0/s1. The van der Waals surface area contributed by atoms with Crippen molar-refractivity contribution in [2.24, 2.45) is 0 Å². The maximum Gasteiger partial charge on any atom is 0.111 e. The molecule has 2 N–H and O–H groups in total. The van der Waals surface area contributed by atoms with Crippen molar-refractivity contribution < 1.29 is 19.7 Å². The molecule has 1 heterocycles. The fourth-order valence-corrected chi connectivity index (χ4v) is 2.17. The molecule has 4 heteroatoms. The Kier molecular flexibility index (Phi) is 7.04. The minimum Gasteiger partial charge on any atom is -0.394 e. The maximum absolute atomic E-state index is 9.85. The highest BCUT2D eigenvalue weighted by molar-refractivity contribution is 4.84. The predicted molar refractivity (Wildman–Crippen MR) is 65.9 cm³/mol. The zero-order valence-electron chi connectivity index (χ0n) is 11.0. The van der Waals surface area contributed by atoms with E-state index in [-0.39, 0.29) is 18.8 Å². The van der Waals surface area contributed by atoms with Crippen molar-refractivity contribution in [3.63, 3.8) is 0 Å². The van der Waals surface area contributed by atoms with Gasteiger partial charge in [0.05, 0.1) is 19.3 Å². The molecular weight excluding hydrogens is 220 g/mol. The molecule has 0 amide bonds. The van der Waals surface area contributed by atoms with Crippen molar-refractivity contribution in [2.75, 3.05) is 13.2 Å². The Morgan fingerprint density at radius 3 is 2.65 bits per heavy atom. The van der Waals surface area contributed by atoms with E-state index < -0.39 is 12.2 Å². The second-order valence-corrected chi connectivity index (χ2v) is 4.75. The summed E-state index contributed by atoms with van der Waals surface area (Å²) in [4.78, 5) is 0. The van der Waals surface area contributed by atoms with Crippen LogP contribution in [0.5, 0.6) is 0 Å². The van der Waals surface area contributed by atoms with Gasteiger partial charge in [0, 0.05) is 0 Å². The Bertz CT molecular complexity index is 198. The summed E-state index contributed by atoms with van der Waals surface area (Å²) in [6.45, 7) is 4.52. The lowest BCUT2D eigenvalue weighted by Gasteiger charge is -2.23. The van der Waals surface area contributed by atoms with Crippen LogP contribution in [0, 0.1) is 0 Å². The second-order valence-electron chi connectivity index (χ2n) is 4.75. The van der Waals surface area contributed by atoms with Gasteiger partial charge in [-0.25, -0.2) is 0 Å². The fourth-order valence-electron chi connectivity index (χ4n) is 2.17. The van der Waals surface area contributed by atoms with Gasteiger partial charge in [-0.05, 0) is 12.8 Å². The highest BCUT2D eigenvalue weighted by atomic mass is 16.6. The Morgan fingerprint density at radius 1 is 1.35 bits per heavy atom. The smallest absolute Gasteiger partial charge is 0.111 e. The molecule has 1 aliphatic rings. The zero-order valence-corrected chi connectivity index (χ0v) is 11.0. The van der Waals surface area contributed by atoms with Crippen LogP contribution in [0.1, 0.15) is 46.0 Å². The molecule has 0 saturated carbocycles. The summed E-state index contributed by atoms with van der Waals surface area (Å²) < 4.78 is 11.1. The number of hydrogen-bond acceptors (Lipinski definition) is 4. The van der Waals surface area contributed by atoms with Gasteiger partial charge in [0.25, 0.3) is 0 Å². The summed E-state index contributed by atoms with van der Waals surface area (Å²) in [7, 11) is 0. The van der Waals surface area contributed by atoms with Crippen molar-refractivity contribution in [2.45, 2.75) is 70.4 Å². The first-order chi connectivity index (χ1) is 8.22. The number of aliphatic hydroxyl groups excluding tert-OH is 2. The molecule has 0 aromatic heterocycles. The first-order valence-corrected chi connectivity index (χ1v) is 6.78. The molecule has 17 heavy (non-hydrogen) atoms. The van der Waals surface area contributed by atoms with Crippen LogP contribution in [0.25, 0.3) is 0 Å². The SMILES string of the molecule is CCCCCC(CC)O[C@@H]1CO[C@@H](CO)[C@H]1O. The van der Waals surface area contributed by atoms with E-state index in [1.54, 1.807) is 0 Å². The molecule has 102 valence electrons. The molecule has 0 radical (unpaired) electrons. The average Bonchev–Trinajstić information content (AvgIpc) is 2.69. The average molecular weight is 246 g/mol. The molecule has 1 saturated heterocycles. The van der Waals surface area contributed by atoms with Crippen LogP contribution in [0.2, 0.25) is 0 Å². The van der Waals surface area contributed by atoms with Crippen LogP contribution in [0.4, 0.5) is 0 Å². The van der Waals surface area contributed by atoms with E-state index in [4.69, 9.17) is 14.6 Å². The second kappa shape index (κ2) is 8.03. The molecule has 0 aromatic carbocycles. The van der Waals surface area contributed by atoms with Crippen molar-refractivity contribution >= 4 is 0 Å². The van der Waals surface area contributed by atoms with Gasteiger partial charge in [0.2, 0.25) is 0 Å². The fraction of sp³-hybridized carbons (Fsp3) is 1.00. The van der Waals surface area contributed by atoms with Crippen molar-refractivity contribution in [3.05, 3.63) is 0 Å². The number of ether oxygens (including phenoxy) is 2. The normalized spacial score (nSPS) is 30.7. The predicted octanol–water partition coefficient (Wildman–Crippen LogP) is 1.48. The van der Waals surface area contributed by atoms with E-state index >= 15 is 0 Å². The van der Waals surface area contributed by atoms with Gasteiger partial charge in [-0.3, -0.25) is 0 Å². The summed E-state index contributed by atoms with van der Waals surface area (Å²) in [5.74, 6) is 0. The third kappa shape index (κ3) is 4.54. The van der Waals surface area contributed by atoms with Gasteiger partial charge in [0.1, 0.15) is 18.3 Å². The summed E-state index contributed by atoms with van der Waals surface area (Å²) in [5, 5.41) is 18.8. The minimum absolute atomic E-state index is 0.145. The van der Waals surface area contributed by atoms with Gasteiger partial charge in [-0.2, -0.15) is 0 Å². The largest absolute Gasteiger partial charge is 0.394 e. The van der Waals surface area contributed by atoms with E-state index in [1.807, 2.05) is 0 Å². The Labute approximate surface area is 104 Å². The molecule has 4 atom stereocenters. The minimum atomic E-state index is -0.694. The van der Waals surface area contributed by atoms with E-state index in [1.165, 1.54) is 19.3 Å². The lowest BCUT2D eigenvalue weighted by atomic mass is 10.1. The Balaban J connectivity index is 2.30. The molecule has 1 unspecified atom stereocenters.